The number of rotatable bonds is 9. The summed E-state index contributed by atoms with van der Waals surface area (Å²) in [7, 11) is 0. The number of carbonyl (C=O) groups is 5. The molecule has 318 valence electrons. The van der Waals surface area contributed by atoms with Crippen molar-refractivity contribution in [2.24, 2.45) is 5.92 Å². The minimum absolute atomic E-state index is 0.00362. The molecule has 1 unspecified atom stereocenters. The van der Waals surface area contributed by atoms with Gasteiger partial charge in [-0.3, -0.25) is 34.1 Å². The second-order valence-corrected chi connectivity index (χ2v) is 17.3. The molecular formula is C41H44F2N12O6. The normalized spacial score (nSPS) is 27.6. The van der Waals surface area contributed by atoms with E-state index in [0.29, 0.717) is 18.2 Å². The van der Waals surface area contributed by atoms with Crippen molar-refractivity contribution in [3.05, 3.63) is 65.2 Å². The van der Waals surface area contributed by atoms with Crippen LogP contribution in [0.2, 0.25) is 0 Å². The number of aromatic nitrogens is 5. The highest BCUT2D eigenvalue weighted by atomic mass is 19.3. The molecule has 4 aromatic rings. The van der Waals surface area contributed by atoms with Crippen LogP contribution in [0.4, 0.5) is 30.8 Å². The fraction of sp³-hybridized carbons (Fsp3) is 0.512. The van der Waals surface area contributed by atoms with Crippen LogP contribution in [0.3, 0.4) is 0 Å². The number of amides is 6. The van der Waals surface area contributed by atoms with Crippen LogP contribution in [0.25, 0.3) is 5.65 Å². The predicted octanol–water partition coefficient (Wildman–Crippen LogP) is 3.63. The fourth-order valence-electron chi connectivity index (χ4n) is 10.8. The van der Waals surface area contributed by atoms with Gasteiger partial charge in [0.1, 0.15) is 11.4 Å². The summed E-state index contributed by atoms with van der Waals surface area (Å²) in [4.78, 5) is 76.2. The molecule has 7 aliphatic rings. The molecule has 1 aromatic carbocycles. The summed E-state index contributed by atoms with van der Waals surface area (Å²) < 4.78 is 37.5. The molecule has 20 heteroatoms. The van der Waals surface area contributed by atoms with Crippen molar-refractivity contribution in [2.75, 3.05) is 54.4 Å². The monoisotopic (exact) mass is 838 g/mol. The number of imide groups is 2. The van der Waals surface area contributed by atoms with Crippen LogP contribution in [0.15, 0.2) is 42.9 Å². The van der Waals surface area contributed by atoms with Crippen LogP contribution in [0, 0.1) is 5.92 Å². The summed E-state index contributed by atoms with van der Waals surface area (Å²) in [5, 5.41) is 15.3. The average Bonchev–Trinajstić information content (AvgIpc) is 4.12. The second-order valence-electron chi connectivity index (χ2n) is 17.3. The summed E-state index contributed by atoms with van der Waals surface area (Å²) in [5.74, 6) is -1.05. The molecule has 0 spiro atoms. The average molecular weight is 839 g/mol. The van der Waals surface area contributed by atoms with Crippen molar-refractivity contribution in [1.82, 2.24) is 44.6 Å². The van der Waals surface area contributed by atoms with Crippen molar-refractivity contribution >= 4 is 52.5 Å². The number of anilines is 3. The molecule has 5 saturated heterocycles. The maximum absolute atomic E-state index is 14.3. The van der Waals surface area contributed by atoms with E-state index in [4.69, 9.17) is 9.72 Å². The first kappa shape index (κ1) is 37.9. The number of hydrazine groups is 1. The van der Waals surface area contributed by atoms with Crippen LogP contribution in [-0.2, 0) is 9.53 Å². The van der Waals surface area contributed by atoms with Crippen molar-refractivity contribution in [3.63, 3.8) is 0 Å². The molecule has 3 aromatic heterocycles. The lowest BCUT2D eigenvalue weighted by atomic mass is 9.85. The minimum atomic E-state index is -2.88. The first-order valence-corrected chi connectivity index (χ1v) is 21.1. The third-order valence-corrected chi connectivity index (χ3v) is 13.7. The number of hydrogen-bond acceptors (Lipinski definition) is 12. The van der Waals surface area contributed by atoms with Crippen LogP contribution in [0.5, 0.6) is 0 Å². The van der Waals surface area contributed by atoms with Crippen LogP contribution < -0.4 is 20.4 Å². The summed E-state index contributed by atoms with van der Waals surface area (Å²) >= 11 is 0. The first-order chi connectivity index (χ1) is 29.6. The van der Waals surface area contributed by atoms with E-state index in [-0.39, 0.29) is 65.6 Å². The Kier molecular flexibility index (Phi) is 9.06. The number of morpholine rings is 1. The third-order valence-electron chi connectivity index (χ3n) is 13.7. The van der Waals surface area contributed by atoms with Gasteiger partial charge in [-0.15, -0.1) is 0 Å². The first-order valence-electron chi connectivity index (χ1n) is 21.1. The molecule has 4 bridgehead atoms. The number of fused-ring (bicyclic) bond motifs is 6. The molecule has 6 aliphatic heterocycles. The Bertz CT molecular complexity index is 2470. The van der Waals surface area contributed by atoms with E-state index >= 15 is 0 Å². The van der Waals surface area contributed by atoms with Gasteiger partial charge in [-0.25, -0.2) is 28.1 Å². The summed E-state index contributed by atoms with van der Waals surface area (Å²) in [6.07, 6.45) is 8.26. The number of carbonyl (C=O) groups excluding carboxylic acids is 5. The van der Waals surface area contributed by atoms with E-state index < -0.39 is 41.8 Å². The zero-order valence-corrected chi connectivity index (χ0v) is 33.2. The Balaban J connectivity index is 0.712. The summed E-state index contributed by atoms with van der Waals surface area (Å²) in [6, 6.07) is 6.98. The number of piperazine rings is 1. The molecule has 2 N–H and O–H groups in total. The summed E-state index contributed by atoms with van der Waals surface area (Å²) in [6.45, 7) is 3.94. The van der Waals surface area contributed by atoms with E-state index in [1.54, 1.807) is 23.0 Å². The highest BCUT2D eigenvalue weighted by molar-refractivity contribution is 6.22. The Morgan fingerprint density at radius 1 is 0.934 bits per heavy atom. The third kappa shape index (κ3) is 6.48. The van der Waals surface area contributed by atoms with Gasteiger partial charge in [0, 0.05) is 62.8 Å². The van der Waals surface area contributed by atoms with Gasteiger partial charge in [-0.1, -0.05) is 0 Å². The number of nitrogens with zero attached hydrogens (tertiary/aromatic N) is 10. The van der Waals surface area contributed by atoms with Crippen LogP contribution in [0.1, 0.15) is 101 Å². The van der Waals surface area contributed by atoms with Crippen LogP contribution >= 0.6 is 0 Å². The maximum Gasteiger partial charge on any atom is 0.343 e. The molecule has 1 aliphatic carbocycles. The molecule has 4 atom stereocenters. The topological polar surface area (TPSA) is 183 Å². The Morgan fingerprint density at radius 2 is 1.70 bits per heavy atom. The van der Waals surface area contributed by atoms with Gasteiger partial charge in [0.05, 0.1) is 54.4 Å². The van der Waals surface area contributed by atoms with Crippen molar-refractivity contribution in [1.29, 1.82) is 0 Å². The highest BCUT2D eigenvalue weighted by Crippen LogP contribution is 2.40. The Hall–Kier alpha value is -6.02. The SMILES string of the molecule is O=C1CCN(N2C(=O)c3ccc(N4C5CC[C@@H]4CN(CC4CCC(n6cc(NC(=O)c7cnn8ccc(N9C[C@H]%10C[C@@H]9CO%10)nc78)c(C(F)F)n6)CC4)C5)cc3C2=O)C(=O)N1. The summed E-state index contributed by atoms with van der Waals surface area (Å²) in [5.41, 5.74) is 1.38. The molecule has 0 radical (unpaired) electrons. The van der Waals surface area contributed by atoms with E-state index in [2.05, 4.69) is 35.5 Å². The van der Waals surface area contributed by atoms with Gasteiger partial charge >= 0.3 is 6.03 Å². The lowest BCUT2D eigenvalue weighted by Crippen LogP contribution is -2.58. The molecule has 61 heavy (non-hydrogen) atoms. The number of alkyl halides is 2. The number of urea groups is 1. The largest absolute Gasteiger partial charge is 0.374 e. The maximum atomic E-state index is 14.3. The predicted molar refractivity (Wildman–Crippen MR) is 212 cm³/mol. The number of nitrogens with one attached hydrogen (secondary N) is 2. The van der Waals surface area contributed by atoms with E-state index in [9.17, 15) is 32.8 Å². The lowest BCUT2D eigenvalue weighted by molar-refractivity contribution is -0.122. The molecule has 18 nitrogen and oxygen atoms in total. The van der Waals surface area contributed by atoms with Gasteiger partial charge in [-0.2, -0.15) is 15.2 Å². The number of halogens is 2. The van der Waals surface area contributed by atoms with Gasteiger partial charge in [0.25, 0.3) is 24.1 Å². The van der Waals surface area contributed by atoms with Gasteiger partial charge in [0.15, 0.2) is 11.3 Å². The number of ether oxygens (including phenoxy) is 1. The quantitative estimate of drug-likeness (QED) is 0.234. The van der Waals surface area contributed by atoms with Crippen molar-refractivity contribution < 1.29 is 37.5 Å². The standard InChI is InChI=1S/C41H44F2N12O6/c42-36(43)35-32(45-38(57)31-15-44-51-11-9-33(46-37(31)51)50-19-28-13-27(50)21-61-28)20-52(48-35)23-3-1-22(2-4-23)16-49-17-25-5-6-26(18-49)54(25)24-7-8-29-30(14-24)40(59)55(39(29)58)53-12-10-34(56)47-41(53)60/h7-9,11,14-15,20,22-23,25-28,36H,1-6,10,12-13,16-19,21H2,(H,45,57)(H,47,56,60)/t22?,23?,25-,26?,27-,28-/m1/s1. The van der Waals surface area contributed by atoms with Crippen molar-refractivity contribution in [2.45, 2.75) is 88.1 Å². The smallest absolute Gasteiger partial charge is 0.343 e. The second kappa shape index (κ2) is 14.6. The van der Waals surface area contributed by atoms with E-state index in [1.165, 1.54) is 16.9 Å². The minimum Gasteiger partial charge on any atom is -0.374 e. The molecule has 11 rings (SSSR count). The molecular weight excluding hydrogens is 795 g/mol. The van der Waals surface area contributed by atoms with Gasteiger partial charge in [0.2, 0.25) is 5.91 Å². The highest BCUT2D eigenvalue weighted by Gasteiger charge is 2.46. The number of benzene rings is 1. The number of hydrogen-bond donors (Lipinski definition) is 2. The van der Waals surface area contributed by atoms with Gasteiger partial charge in [-0.05, 0) is 75.1 Å². The fourth-order valence-corrected chi connectivity index (χ4v) is 10.8. The zero-order valence-electron chi connectivity index (χ0n) is 33.2. The Morgan fingerprint density at radius 3 is 2.43 bits per heavy atom. The molecule has 6 amide bonds. The lowest BCUT2D eigenvalue weighted by Gasteiger charge is -2.44. The Labute approximate surface area is 347 Å². The molecule has 9 heterocycles. The van der Waals surface area contributed by atoms with E-state index in [0.717, 1.165) is 92.6 Å². The zero-order chi connectivity index (χ0) is 41.7. The van der Waals surface area contributed by atoms with E-state index in [1.807, 2.05) is 12.1 Å². The van der Waals surface area contributed by atoms with Gasteiger partial charge < -0.3 is 19.9 Å². The van der Waals surface area contributed by atoms with Crippen LogP contribution in [-0.4, -0.2) is 133 Å². The molecule has 1 saturated carbocycles. The van der Waals surface area contributed by atoms with Crippen molar-refractivity contribution in [3.8, 4) is 0 Å². The molecule has 6 fully saturated rings. The number of likely N-dealkylation sites (tertiary alicyclic amines) is 1.